The molecule has 200 valence electrons. The van der Waals surface area contributed by atoms with Crippen molar-refractivity contribution in [3.8, 4) is 0 Å². The summed E-state index contributed by atoms with van der Waals surface area (Å²) >= 11 is 12.8. The number of nitrogens with one attached hydrogen (secondary N) is 2. The summed E-state index contributed by atoms with van der Waals surface area (Å²) in [4.78, 5) is 13.6. The minimum atomic E-state index is -0.987. The van der Waals surface area contributed by atoms with E-state index in [1.165, 1.54) is 0 Å². The lowest BCUT2D eigenvalue weighted by atomic mass is 9.66. The van der Waals surface area contributed by atoms with E-state index in [0.717, 1.165) is 11.1 Å². The molecule has 1 heterocycles. The molecule has 9 heteroatoms. The molecule has 0 radical (unpaired) electrons. The van der Waals surface area contributed by atoms with Gasteiger partial charge in [0.2, 0.25) is 5.91 Å². The van der Waals surface area contributed by atoms with Gasteiger partial charge in [-0.05, 0) is 47.6 Å². The van der Waals surface area contributed by atoms with E-state index in [0.29, 0.717) is 22.9 Å². The lowest BCUT2D eigenvalue weighted by Crippen LogP contribution is -2.58. The fourth-order valence-electron chi connectivity index (χ4n) is 5.40. The highest BCUT2D eigenvalue weighted by Gasteiger charge is 2.58. The van der Waals surface area contributed by atoms with Gasteiger partial charge in [-0.15, -0.1) is 0 Å². The first-order chi connectivity index (χ1) is 16.9. The van der Waals surface area contributed by atoms with Gasteiger partial charge >= 0.3 is 0 Å². The molecule has 2 aliphatic rings. The molecule has 1 aromatic rings. The van der Waals surface area contributed by atoms with Gasteiger partial charge in [-0.2, -0.15) is 0 Å². The minimum Gasteiger partial charge on any atom is -0.394 e. The molecule has 1 aromatic carbocycles. The van der Waals surface area contributed by atoms with E-state index in [-0.39, 0.29) is 43.0 Å². The third kappa shape index (κ3) is 6.51. The molecule has 1 saturated heterocycles. The van der Waals surface area contributed by atoms with Crippen LogP contribution in [0.2, 0.25) is 5.02 Å². The molecular formula is C27H39Cl2N3O4. The van der Waals surface area contributed by atoms with Crippen LogP contribution in [0.25, 0.3) is 0 Å². The normalized spacial score (nSPS) is 29.5. The van der Waals surface area contributed by atoms with Crippen molar-refractivity contribution in [2.24, 2.45) is 11.1 Å². The Bertz CT molecular complexity index is 993. The first-order valence-electron chi connectivity index (χ1n) is 12.4. The maximum Gasteiger partial charge on any atom is 0.237 e. The van der Waals surface area contributed by atoms with Crippen LogP contribution in [0.4, 0.5) is 0 Å². The number of amides is 1. The maximum absolute atomic E-state index is 13.6. The number of allylic oxidation sites excluding steroid dienone is 2. The average molecular weight is 541 g/mol. The largest absolute Gasteiger partial charge is 0.394 e. The van der Waals surface area contributed by atoms with Crippen LogP contribution < -0.4 is 16.4 Å². The topological polar surface area (TPSA) is 117 Å². The Labute approximate surface area is 224 Å². The van der Waals surface area contributed by atoms with Crippen LogP contribution in [-0.4, -0.2) is 66.2 Å². The molecule has 0 aromatic heterocycles. The number of nitrogens with two attached hydrogens (primary N) is 1. The highest BCUT2D eigenvalue weighted by atomic mass is 35.5. The summed E-state index contributed by atoms with van der Waals surface area (Å²) in [6.45, 7) is 6.31. The van der Waals surface area contributed by atoms with E-state index in [4.69, 9.17) is 38.8 Å². The smallest absolute Gasteiger partial charge is 0.237 e. The fourth-order valence-corrected chi connectivity index (χ4v) is 5.80. The zero-order chi connectivity index (χ0) is 26.7. The lowest BCUT2D eigenvalue weighted by Gasteiger charge is -2.44. The second-order valence-electron chi connectivity index (χ2n) is 11.0. The number of hydrogen-bond donors (Lipinski definition) is 5. The van der Waals surface area contributed by atoms with Gasteiger partial charge < -0.3 is 31.3 Å². The van der Waals surface area contributed by atoms with Crippen LogP contribution in [0.1, 0.15) is 51.5 Å². The number of hydrogen-bond acceptors (Lipinski definition) is 6. The summed E-state index contributed by atoms with van der Waals surface area (Å²) in [5.74, 6) is -0.684. The van der Waals surface area contributed by atoms with Crippen molar-refractivity contribution in [1.82, 2.24) is 10.6 Å². The molecular weight excluding hydrogens is 501 g/mol. The highest BCUT2D eigenvalue weighted by molar-refractivity contribution is 6.30. The number of carbonyl (C=O) groups excluding carboxylic acids is 1. The molecule has 0 bridgehead atoms. The van der Waals surface area contributed by atoms with Gasteiger partial charge in [0.15, 0.2) is 0 Å². The molecule has 1 amide bonds. The van der Waals surface area contributed by atoms with Crippen molar-refractivity contribution in [3.63, 3.8) is 0 Å². The van der Waals surface area contributed by atoms with E-state index in [1.54, 1.807) is 13.2 Å². The van der Waals surface area contributed by atoms with Crippen LogP contribution in [0.15, 0.2) is 47.0 Å². The van der Waals surface area contributed by atoms with E-state index in [1.807, 2.05) is 30.4 Å². The average Bonchev–Trinajstić information content (AvgIpc) is 3.10. The van der Waals surface area contributed by atoms with Crippen LogP contribution in [-0.2, 0) is 9.53 Å². The van der Waals surface area contributed by atoms with Crippen molar-refractivity contribution in [3.05, 3.63) is 57.6 Å². The zero-order valence-electron chi connectivity index (χ0n) is 21.4. The van der Waals surface area contributed by atoms with Crippen LogP contribution >= 0.6 is 23.2 Å². The van der Waals surface area contributed by atoms with E-state index >= 15 is 0 Å². The van der Waals surface area contributed by atoms with Gasteiger partial charge in [-0.1, -0.05) is 62.2 Å². The number of carbonyl (C=O) groups is 1. The SMILES string of the molecule is COC1CC(Cl)=CC=C1[C@@]1(N)[C@H](CC(C)(C)C)N[C@H](C(=O)NCC[C@H](O)CO)[C@@H]1c1cccc(Cl)c1. The van der Waals surface area contributed by atoms with Gasteiger partial charge in [0, 0.05) is 42.1 Å². The summed E-state index contributed by atoms with van der Waals surface area (Å²) in [5, 5.41) is 26.5. The fraction of sp³-hybridized carbons (Fsp3) is 0.593. The zero-order valence-corrected chi connectivity index (χ0v) is 22.9. The summed E-state index contributed by atoms with van der Waals surface area (Å²) in [6.07, 6.45) is 4.03. The second-order valence-corrected chi connectivity index (χ2v) is 11.9. The first kappa shape index (κ1) is 29.1. The number of benzene rings is 1. The van der Waals surface area contributed by atoms with Crippen molar-refractivity contribution in [1.29, 1.82) is 0 Å². The van der Waals surface area contributed by atoms with Crippen molar-refractivity contribution in [2.75, 3.05) is 20.3 Å². The number of rotatable bonds is 9. The van der Waals surface area contributed by atoms with Crippen molar-refractivity contribution in [2.45, 2.75) is 75.8 Å². The highest BCUT2D eigenvalue weighted by Crippen LogP contribution is 2.48. The van der Waals surface area contributed by atoms with Crippen LogP contribution in [0.5, 0.6) is 0 Å². The van der Waals surface area contributed by atoms with E-state index in [9.17, 15) is 9.90 Å². The van der Waals surface area contributed by atoms with Crippen molar-refractivity contribution < 1.29 is 19.7 Å². The second kappa shape index (κ2) is 11.9. The first-order valence-corrected chi connectivity index (χ1v) is 13.1. The Kier molecular flexibility index (Phi) is 9.66. The molecule has 1 unspecified atom stereocenters. The number of aliphatic hydroxyl groups excluding tert-OH is 2. The summed E-state index contributed by atoms with van der Waals surface area (Å²) in [5.41, 5.74) is 8.13. The number of methoxy groups -OCH3 is 1. The van der Waals surface area contributed by atoms with E-state index < -0.39 is 23.6 Å². The maximum atomic E-state index is 13.6. The van der Waals surface area contributed by atoms with Crippen LogP contribution in [0, 0.1) is 5.41 Å². The summed E-state index contributed by atoms with van der Waals surface area (Å²) in [7, 11) is 1.64. The molecule has 1 fully saturated rings. The molecule has 0 saturated carbocycles. The van der Waals surface area contributed by atoms with E-state index in [2.05, 4.69) is 31.4 Å². The van der Waals surface area contributed by atoms with Gasteiger partial charge in [-0.3, -0.25) is 4.79 Å². The standard InChI is InChI=1S/C27H39Cl2N3O4/c1-26(2,3)14-22-27(30,20-9-8-18(29)13-21(20)36-4)23(16-6-5-7-17(28)12-16)24(32-22)25(35)31-11-10-19(34)15-33/h5-9,12,19,21-24,32-34H,10-11,13-15,30H2,1-4H3,(H,31,35)/t19-,21?,22-,23-,24-,27+/m0/s1. The quantitative estimate of drug-likeness (QED) is 0.329. The Hall–Kier alpha value is -1.45. The lowest BCUT2D eigenvalue weighted by molar-refractivity contribution is -0.123. The molecule has 6 N–H and O–H groups in total. The van der Waals surface area contributed by atoms with Gasteiger partial charge in [0.1, 0.15) is 0 Å². The monoisotopic (exact) mass is 539 g/mol. The molecule has 36 heavy (non-hydrogen) atoms. The molecule has 3 rings (SSSR count). The molecule has 6 atom stereocenters. The Morgan fingerprint density at radius 3 is 2.67 bits per heavy atom. The predicted molar refractivity (Wildman–Crippen MR) is 144 cm³/mol. The Morgan fingerprint density at radius 1 is 1.33 bits per heavy atom. The third-order valence-corrected chi connectivity index (χ3v) is 7.57. The predicted octanol–water partition coefficient (Wildman–Crippen LogP) is 3.23. The number of ether oxygens (including phenoxy) is 1. The Balaban J connectivity index is 2.11. The van der Waals surface area contributed by atoms with Gasteiger partial charge in [0.05, 0.1) is 30.4 Å². The summed E-state index contributed by atoms with van der Waals surface area (Å²) < 4.78 is 5.86. The molecule has 1 aliphatic carbocycles. The van der Waals surface area contributed by atoms with Gasteiger partial charge in [0.25, 0.3) is 0 Å². The number of halogens is 2. The Morgan fingerprint density at radius 2 is 2.06 bits per heavy atom. The van der Waals surface area contributed by atoms with Crippen LogP contribution in [0.3, 0.4) is 0 Å². The molecule has 1 aliphatic heterocycles. The number of aliphatic hydroxyl groups is 2. The minimum absolute atomic E-state index is 0.0803. The van der Waals surface area contributed by atoms with Crippen molar-refractivity contribution >= 4 is 29.1 Å². The molecule has 0 spiro atoms. The summed E-state index contributed by atoms with van der Waals surface area (Å²) in [6, 6.07) is 6.55. The molecule has 7 nitrogen and oxygen atoms in total. The van der Waals surface area contributed by atoms with Gasteiger partial charge in [-0.25, -0.2) is 0 Å². The third-order valence-electron chi connectivity index (χ3n) is 7.06.